The average molecular weight is 2010 g/mol. The van der Waals surface area contributed by atoms with Gasteiger partial charge in [-0.1, -0.05) is 161 Å². The average Bonchev–Trinajstić information content (AvgIpc) is 1.56. The van der Waals surface area contributed by atoms with E-state index in [0.29, 0.717) is 188 Å². The fourth-order valence-corrected chi connectivity index (χ4v) is 20.7. The molecule has 0 saturated carbocycles. The summed E-state index contributed by atoms with van der Waals surface area (Å²) in [5.74, 6) is -5.68. The zero-order valence-electron chi connectivity index (χ0n) is 73.9. The highest BCUT2D eigenvalue weighted by Gasteiger charge is 2.59. The molecule has 1 unspecified atom stereocenters. The summed E-state index contributed by atoms with van der Waals surface area (Å²) in [5.41, 5.74) is -0.837. The fourth-order valence-electron chi connectivity index (χ4n) is 19.1. The number of hydrogen-bond acceptors (Lipinski definition) is 19. The molecule has 6 atom stereocenters. The summed E-state index contributed by atoms with van der Waals surface area (Å²) in [7, 11) is 5.55. The molecule has 23 nitrogen and oxygen atoms in total. The molecule has 706 valence electrons. The lowest BCUT2D eigenvalue weighted by atomic mass is 9.74. The first-order valence-electron chi connectivity index (χ1n) is 43.2. The zero-order valence-corrected chi connectivity index (χ0v) is 80.0. The topological polar surface area (TPSA) is 332 Å². The highest BCUT2D eigenvalue weighted by Crippen LogP contribution is 2.55. The van der Waals surface area contributed by atoms with E-state index < -0.39 is 93.0 Å². The largest absolute Gasteiger partial charge is 0.550 e. The third-order valence-corrected chi connectivity index (χ3v) is 28.7. The molecule has 9 aromatic rings. The molecule has 0 spiro atoms. The minimum Gasteiger partial charge on any atom is -0.550 e. The fraction of sp³-hybridized carbons (Fsp3) is 0.404. The van der Waals surface area contributed by atoms with Crippen molar-refractivity contribution >= 4 is 115 Å². The lowest BCUT2D eigenvalue weighted by Crippen LogP contribution is -2.78. The Bertz CT molecular complexity index is 5670. The van der Waals surface area contributed by atoms with Crippen molar-refractivity contribution in [3.8, 4) is 0 Å². The minimum absolute atomic E-state index is 0.00178. The van der Waals surface area contributed by atoms with Crippen LogP contribution in [0.1, 0.15) is 188 Å². The third kappa shape index (κ3) is 20.3. The number of benzene rings is 9. The number of carboxylic acids is 1. The van der Waals surface area contributed by atoms with Gasteiger partial charge in [0.2, 0.25) is 0 Å². The Hall–Kier alpha value is -8.18. The van der Waals surface area contributed by atoms with Gasteiger partial charge in [0.25, 0.3) is 17.7 Å². The number of rotatable bonds is 28. The number of carboxylic acid groups (broad SMARTS) is 1. The van der Waals surface area contributed by atoms with Gasteiger partial charge in [-0.2, -0.15) is 0 Å². The number of aliphatic hydroxyl groups is 6. The van der Waals surface area contributed by atoms with Crippen LogP contribution in [-0.4, -0.2) is 168 Å². The quantitative estimate of drug-likeness (QED) is 0.0224. The van der Waals surface area contributed by atoms with Gasteiger partial charge in [0.1, 0.15) is 37.3 Å². The molecule has 3 saturated heterocycles. The van der Waals surface area contributed by atoms with Crippen molar-refractivity contribution in [3.05, 3.63) is 310 Å². The molecule has 6 heterocycles. The number of amides is 3. The maximum Gasteiger partial charge on any atom is 0.309 e. The number of hydrogen-bond donors (Lipinski definition) is 7. The smallest absolute Gasteiger partial charge is 0.309 e. The van der Waals surface area contributed by atoms with Crippen LogP contribution in [0, 0.1) is 35.2 Å². The van der Waals surface area contributed by atoms with Gasteiger partial charge in [0.05, 0.1) is 70.3 Å². The first-order valence-corrected chi connectivity index (χ1v) is 46.3. The number of methoxy groups -OCH3 is 4. The molecule has 0 bridgehead atoms. The molecule has 33 heteroatoms. The molecule has 0 aliphatic carbocycles. The lowest BCUT2D eigenvalue weighted by molar-refractivity contribution is -0.494. The molecule has 9 aromatic carbocycles. The Morgan fingerprint density at radius 1 is 0.432 bits per heavy atom. The molecule has 3 amide bonds. The van der Waals surface area contributed by atoms with E-state index in [0.717, 1.165) is 5.56 Å². The summed E-state index contributed by atoms with van der Waals surface area (Å²) in [6.45, 7) is 7.69. The van der Waals surface area contributed by atoms with Gasteiger partial charge < -0.3 is 79.4 Å². The molecular weight excluding hydrogens is 1900 g/mol. The highest BCUT2D eigenvalue weighted by atomic mass is 79.9. The number of carbonyl (C=O) groups is 5. The molecular formula is C99H106BrCl6F3N4O19. The number of aliphatic hydroxyl groups excluding tert-OH is 3. The standard InChI is InChI=1S/C33H34Cl2FNO6.C32H32Cl2FNO6.C30H29BrCl2FNO4.C4H11NO3/c1-4-32(40,22-11-13-43-14-12-22)24-17-27-30(28(36)18-24)33(42-3,23-6-9-25(34)10-7-23)37(31(27)39)19-20-5-8-26(35)15-21(20)16-29(38)41-2;1-3-31(40,21-10-12-42-13-11-21)23-16-26-29(27(35)17-23)32(41-2,22-5-8-24(33)9-6-22)36(30(26)39)18-19-4-7-25(34)14-20(19)15-28(37)38;1-3-29(37,19-10-12-39-13-11-19)21-14-24-27(26(34)15-21)30(38-2,20-5-8-22(32)9-6-20)35(28(24)36)17-18-4-7-23(33)16-25(18)31;5-4(1-6,2-7)3-8/h5-10,15,17-18,22,40H,4,11-14,16,19H2,1-3H3;4-9,14,16-17,21,40H,3,10-13,15,18H2,1-2H3,(H,37,38);4-9,14-16,19,37H,3,10-13,17H2,1-2H3;6-8H,1-3,5H2/t32-,33+;31-,32+;29-,30?;/m000./s1. The van der Waals surface area contributed by atoms with E-state index in [-0.39, 0.29) is 97.0 Å². The maximum absolute atomic E-state index is 16.6. The molecule has 6 aliphatic rings. The molecule has 9 N–H and O–H groups in total. The van der Waals surface area contributed by atoms with Crippen LogP contribution in [0.3, 0.4) is 0 Å². The summed E-state index contributed by atoms with van der Waals surface area (Å²) >= 11 is 40.7. The van der Waals surface area contributed by atoms with E-state index in [1.807, 2.05) is 26.8 Å². The first kappa shape index (κ1) is 103. The Morgan fingerprint density at radius 2 is 0.705 bits per heavy atom. The summed E-state index contributed by atoms with van der Waals surface area (Å²) < 4.78 is 89.9. The third-order valence-electron chi connectivity index (χ3n) is 26.5. The van der Waals surface area contributed by atoms with Crippen LogP contribution in [0.5, 0.6) is 0 Å². The minimum atomic E-state index is -1.72. The second kappa shape index (κ2) is 43.4. The van der Waals surface area contributed by atoms with Gasteiger partial charge in [-0.3, -0.25) is 33.9 Å². The van der Waals surface area contributed by atoms with Crippen LogP contribution < -0.4 is 10.8 Å². The van der Waals surface area contributed by atoms with Crippen LogP contribution in [0.15, 0.2) is 168 Å². The molecule has 6 aliphatic heterocycles. The molecule has 132 heavy (non-hydrogen) atoms. The summed E-state index contributed by atoms with van der Waals surface area (Å²) in [6, 6.07) is 43.9. The Labute approximate surface area is 802 Å². The van der Waals surface area contributed by atoms with Crippen LogP contribution in [0.25, 0.3) is 0 Å². The zero-order chi connectivity index (χ0) is 95.7. The number of ether oxygens (including phenoxy) is 7. The molecule has 0 radical (unpaired) electrons. The molecule has 15 rings (SSSR count). The van der Waals surface area contributed by atoms with Crippen molar-refractivity contribution in [3.63, 3.8) is 0 Å². The second-order valence-electron chi connectivity index (χ2n) is 33.7. The Kier molecular flexibility index (Phi) is 33.8. The maximum atomic E-state index is 16.6. The van der Waals surface area contributed by atoms with Crippen molar-refractivity contribution in [1.82, 2.24) is 14.7 Å². The van der Waals surface area contributed by atoms with Crippen LogP contribution in [-0.2, 0) is 109 Å². The van der Waals surface area contributed by atoms with Crippen LogP contribution >= 0.6 is 85.5 Å². The van der Waals surface area contributed by atoms with Crippen LogP contribution in [0.2, 0.25) is 30.1 Å². The normalized spacial score (nSPS) is 20.1. The number of aliphatic carboxylic acids is 1. The van der Waals surface area contributed by atoms with Crippen molar-refractivity contribution in [1.29, 1.82) is 0 Å². The van der Waals surface area contributed by atoms with E-state index >= 15 is 13.2 Å². The van der Waals surface area contributed by atoms with Crippen molar-refractivity contribution in [2.45, 2.75) is 151 Å². The van der Waals surface area contributed by atoms with Gasteiger partial charge in [-0.05, 0) is 229 Å². The van der Waals surface area contributed by atoms with E-state index in [1.165, 1.54) is 67.4 Å². The number of fused-ring (bicyclic) bond motifs is 3. The van der Waals surface area contributed by atoms with Gasteiger partial charge in [-0.15, -0.1) is 0 Å². The predicted molar refractivity (Wildman–Crippen MR) is 493 cm³/mol. The van der Waals surface area contributed by atoms with Gasteiger partial charge in [-0.25, -0.2) is 13.2 Å². The summed E-state index contributed by atoms with van der Waals surface area (Å²) in [6.07, 6.45) is 4.28. The van der Waals surface area contributed by atoms with E-state index in [4.69, 9.17) is 118 Å². The second-order valence-corrected chi connectivity index (χ2v) is 37.2. The van der Waals surface area contributed by atoms with Crippen LogP contribution in [0.4, 0.5) is 13.2 Å². The lowest BCUT2D eigenvalue weighted by Gasteiger charge is -2.39. The van der Waals surface area contributed by atoms with E-state index in [9.17, 15) is 44.4 Å². The SMILES string of the molecule is CC[C@@](O)(c1cc(F)c2c(c1)C(=O)N(Cc1ccc(Cl)cc1Br)C2(OC)c1ccc(Cl)cc1)C1CCOCC1.CC[C@@](O)(c1cc(F)c2c(c1)C(=O)N(Cc1ccc(Cl)cc1CC(=O)OC)[C@@]2(OC)c1ccc(Cl)cc1)C1CCOCC1.CC[C@@](O)(c1cc(F)c2c(c1)C(=O)N(Cc1ccc(Cl)cc1CC(=O)[O-])[C@@]2(OC)c1ccc(Cl)cc1)C1CCOCC1.[NH3+]C(CO)(CO)CO. The van der Waals surface area contributed by atoms with E-state index in [1.54, 1.807) is 133 Å². The first-order chi connectivity index (χ1) is 63.0. The highest BCUT2D eigenvalue weighted by molar-refractivity contribution is 9.10. The Balaban J connectivity index is 0.000000171. The van der Waals surface area contributed by atoms with Crippen molar-refractivity contribution < 1.29 is 112 Å². The Morgan fingerprint density at radius 3 is 0.962 bits per heavy atom. The van der Waals surface area contributed by atoms with Crippen molar-refractivity contribution in [2.24, 2.45) is 17.8 Å². The van der Waals surface area contributed by atoms with Crippen molar-refractivity contribution in [2.75, 3.05) is 87.9 Å². The number of quaternary nitrogens is 1. The van der Waals surface area contributed by atoms with Gasteiger partial charge >= 0.3 is 5.97 Å². The molecule has 3 fully saturated rings. The summed E-state index contributed by atoms with van der Waals surface area (Å²) in [4.78, 5) is 71.0. The number of nitrogens with zero attached hydrogens (tertiary/aromatic N) is 3. The monoisotopic (exact) mass is 2000 g/mol. The van der Waals surface area contributed by atoms with Gasteiger partial charge in [0, 0.05) is 138 Å². The number of halogens is 10. The predicted octanol–water partition coefficient (Wildman–Crippen LogP) is 15.7. The van der Waals surface area contributed by atoms with Gasteiger partial charge in [0.15, 0.2) is 22.7 Å². The molecule has 0 aromatic heterocycles. The number of carbonyl (C=O) groups excluding carboxylic acids is 5. The number of esters is 1. The van der Waals surface area contributed by atoms with E-state index in [2.05, 4.69) is 21.7 Å². The summed E-state index contributed by atoms with van der Waals surface area (Å²) in [5, 5.41) is 75.1.